The molecule has 0 aliphatic rings. The molecule has 0 saturated carbocycles. The molecule has 6 heteroatoms. The fraction of sp³-hybridized carbons (Fsp3) is 0.0909. The van der Waals surface area contributed by atoms with Gasteiger partial charge in [-0.05, 0) is 40.2 Å². The van der Waals surface area contributed by atoms with E-state index in [4.69, 9.17) is 10.5 Å². The molecular formula is C11H9BrFN3O. The number of ether oxygens (including phenoxy) is 1. The third kappa shape index (κ3) is 2.98. The summed E-state index contributed by atoms with van der Waals surface area (Å²) in [6.07, 6.45) is 0. The quantitative estimate of drug-likeness (QED) is 0.946. The normalized spacial score (nSPS) is 10.3. The first-order valence-corrected chi connectivity index (χ1v) is 5.64. The van der Waals surface area contributed by atoms with Gasteiger partial charge in [0.25, 0.3) is 0 Å². The van der Waals surface area contributed by atoms with Crippen LogP contribution in [0.3, 0.4) is 0 Å². The van der Waals surface area contributed by atoms with Crippen LogP contribution in [0.5, 0.6) is 11.6 Å². The molecule has 4 nitrogen and oxygen atoms in total. The Labute approximate surface area is 106 Å². The van der Waals surface area contributed by atoms with E-state index in [0.29, 0.717) is 28.3 Å². The van der Waals surface area contributed by atoms with Gasteiger partial charge in [0.15, 0.2) is 0 Å². The standard InChI is InChI=1S/C11H9BrFN3O/c12-9-5-7(13)1-3-10(9)17-11-4-2-8(6-14)15-16-11/h1-5H,6,14H2. The summed E-state index contributed by atoms with van der Waals surface area (Å²) in [5.41, 5.74) is 6.08. The molecule has 0 atom stereocenters. The summed E-state index contributed by atoms with van der Waals surface area (Å²) < 4.78 is 18.8. The van der Waals surface area contributed by atoms with Crippen molar-refractivity contribution in [2.24, 2.45) is 5.73 Å². The van der Waals surface area contributed by atoms with Gasteiger partial charge in [0.05, 0.1) is 10.2 Å². The minimum Gasteiger partial charge on any atom is -0.436 e. The Balaban J connectivity index is 2.19. The third-order valence-electron chi connectivity index (χ3n) is 2.01. The number of nitrogens with two attached hydrogens (primary N) is 1. The minimum atomic E-state index is -0.339. The smallest absolute Gasteiger partial charge is 0.238 e. The van der Waals surface area contributed by atoms with Gasteiger partial charge in [-0.2, -0.15) is 5.10 Å². The van der Waals surface area contributed by atoms with Gasteiger partial charge in [0.2, 0.25) is 5.88 Å². The van der Waals surface area contributed by atoms with Gasteiger partial charge < -0.3 is 10.5 Å². The van der Waals surface area contributed by atoms with Crippen molar-refractivity contribution in [3.63, 3.8) is 0 Å². The van der Waals surface area contributed by atoms with E-state index in [1.165, 1.54) is 18.2 Å². The highest BCUT2D eigenvalue weighted by Gasteiger charge is 2.05. The van der Waals surface area contributed by atoms with Crippen molar-refractivity contribution in [3.05, 3.63) is 46.3 Å². The fourth-order valence-corrected chi connectivity index (χ4v) is 1.61. The lowest BCUT2D eigenvalue weighted by molar-refractivity contribution is 0.449. The summed E-state index contributed by atoms with van der Waals surface area (Å²) in [6, 6.07) is 7.52. The maximum atomic E-state index is 12.9. The van der Waals surface area contributed by atoms with E-state index in [-0.39, 0.29) is 5.82 Å². The van der Waals surface area contributed by atoms with E-state index >= 15 is 0 Å². The van der Waals surface area contributed by atoms with Gasteiger partial charge >= 0.3 is 0 Å². The first-order valence-electron chi connectivity index (χ1n) is 4.84. The van der Waals surface area contributed by atoms with Crippen LogP contribution in [-0.2, 0) is 6.54 Å². The summed E-state index contributed by atoms with van der Waals surface area (Å²) in [6.45, 7) is 0.327. The third-order valence-corrected chi connectivity index (χ3v) is 2.63. The zero-order chi connectivity index (χ0) is 12.3. The number of hydrogen-bond acceptors (Lipinski definition) is 4. The van der Waals surface area contributed by atoms with E-state index in [1.807, 2.05) is 0 Å². The lowest BCUT2D eigenvalue weighted by atomic mass is 10.3. The van der Waals surface area contributed by atoms with Crippen molar-refractivity contribution < 1.29 is 9.13 Å². The van der Waals surface area contributed by atoms with Crippen molar-refractivity contribution in [1.29, 1.82) is 0 Å². The Hall–Kier alpha value is -1.53. The molecule has 1 heterocycles. The Morgan fingerprint density at radius 1 is 1.24 bits per heavy atom. The summed E-state index contributed by atoms with van der Waals surface area (Å²) in [7, 11) is 0. The Bertz CT molecular complexity index is 519. The molecule has 0 saturated heterocycles. The molecule has 0 fully saturated rings. The van der Waals surface area contributed by atoms with Gasteiger partial charge in [-0.15, -0.1) is 5.10 Å². The van der Waals surface area contributed by atoms with Crippen LogP contribution in [-0.4, -0.2) is 10.2 Å². The molecule has 1 aromatic heterocycles. The summed E-state index contributed by atoms with van der Waals surface area (Å²) >= 11 is 3.20. The molecular weight excluding hydrogens is 289 g/mol. The van der Waals surface area contributed by atoms with Crippen molar-refractivity contribution in [1.82, 2.24) is 10.2 Å². The lowest BCUT2D eigenvalue weighted by Gasteiger charge is -2.06. The maximum Gasteiger partial charge on any atom is 0.238 e. The SMILES string of the molecule is NCc1ccc(Oc2ccc(F)cc2Br)nn1. The first-order chi connectivity index (χ1) is 8.19. The molecule has 1 aromatic carbocycles. The predicted octanol–water partition coefficient (Wildman–Crippen LogP) is 2.63. The molecule has 2 aromatic rings. The van der Waals surface area contributed by atoms with Crippen molar-refractivity contribution in [3.8, 4) is 11.6 Å². The van der Waals surface area contributed by atoms with Crippen LogP contribution < -0.4 is 10.5 Å². The van der Waals surface area contributed by atoms with E-state index < -0.39 is 0 Å². The van der Waals surface area contributed by atoms with E-state index in [0.717, 1.165) is 0 Å². The van der Waals surface area contributed by atoms with Crippen LogP contribution in [0, 0.1) is 5.82 Å². The molecule has 0 aliphatic heterocycles. The van der Waals surface area contributed by atoms with Gasteiger partial charge in [0.1, 0.15) is 11.6 Å². The van der Waals surface area contributed by atoms with E-state index in [1.54, 1.807) is 12.1 Å². The average Bonchev–Trinajstić information content (AvgIpc) is 2.34. The van der Waals surface area contributed by atoms with Gasteiger partial charge in [-0.1, -0.05) is 0 Å². The van der Waals surface area contributed by atoms with Crippen molar-refractivity contribution in [2.45, 2.75) is 6.54 Å². The number of nitrogens with zero attached hydrogens (tertiary/aromatic N) is 2. The fourth-order valence-electron chi connectivity index (χ4n) is 1.18. The van der Waals surface area contributed by atoms with E-state index in [2.05, 4.69) is 26.1 Å². The largest absolute Gasteiger partial charge is 0.436 e. The molecule has 88 valence electrons. The van der Waals surface area contributed by atoms with Gasteiger partial charge in [-0.3, -0.25) is 0 Å². The highest BCUT2D eigenvalue weighted by atomic mass is 79.9. The number of benzene rings is 1. The monoisotopic (exact) mass is 297 g/mol. The first kappa shape index (κ1) is 11.9. The van der Waals surface area contributed by atoms with Gasteiger partial charge in [-0.25, -0.2) is 4.39 Å². The minimum absolute atomic E-state index is 0.327. The topological polar surface area (TPSA) is 61.0 Å². The Morgan fingerprint density at radius 3 is 2.65 bits per heavy atom. The predicted molar refractivity (Wildman–Crippen MR) is 64.1 cm³/mol. The second kappa shape index (κ2) is 5.20. The Morgan fingerprint density at radius 2 is 2.06 bits per heavy atom. The van der Waals surface area contributed by atoms with Crippen LogP contribution in [0.25, 0.3) is 0 Å². The van der Waals surface area contributed by atoms with Crippen LogP contribution in [0.4, 0.5) is 4.39 Å². The molecule has 0 amide bonds. The number of hydrogen-bond donors (Lipinski definition) is 1. The summed E-state index contributed by atoms with van der Waals surface area (Å²) in [5.74, 6) is 0.462. The molecule has 2 N–H and O–H groups in total. The molecule has 0 radical (unpaired) electrons. The molecule has 0 bridgehead atoms. The second-order valence-corrected chi connectivity index (χ2v) is 4.10. The van der Waals surface area contributed by atoms with Gasteiger partial charge in [0, 0.05) is 12.6 Å². The summed E-state index contributed by atoms with van der Waals surface area (Å²) in [4.78, 5) is 0. The molecule has 0 aliphatic carbocycles. The Kier molecular flexibility index (Phi) is 3.65. The van der Waals surface area contributed by atoms with Crippen LogP contribution in [0.2, 0.25) is 0 Å². The van der Waals surface area contributed by atoms with Crippen LogP contribution in [0.15, 0.2) is 34.8 Å². The summed E-state index contributed by atoms with van der Waals surface area (Å²) in [5, 5.41) is 7.69. The highest BCUT2D eigenvalue weighted by molar-refractivity contribution is 9.10. The molecule has 0 spiro atoms. The van der Waals surface area contributed by atoms with Crippen molar-refractivity contribution >= 4 is 15.9 Å². The van der Waals surface area contributed by atoms with Crippen molar-refractivity contribution in [2.75, 3.05) is 0 Å². The molecule has 0 unspecified atom stereocenters. The molecule has 17 heavy (non-hydrogen) atoms. The number of rotatable bonds is 3. The van der Waals surface area contributed by atoms with E-state index in [9.17, 15) is 4.39 Å². The number of halogens is 2. The average molecular weight is 298 g/mol. The number of aromatic nitrogens is 2. The lowest BCUT2D eigenvalue weighted by Crippen LogP contribution is -2.01. The maximum absolute atomic E-state index is 12.9. The molecule has 2 rings (SSSR count). The van der Waals surface area contributed by atoms with Crippen LogP contribution in [0.1, 0.15) is 5.69 Å². The van der Waals surface area contributed by atoms with Crippen LogP contribution >= 0.6 is 15.9 Å². The second-order valence-electron chi connectivity index (χ2n) is 3.24. The highest BCUT2D eigenvalue weighted by Crippen LogP contribution is 2.28. The zero-order valence-electron chi connectivity index (χ0n) is 8.73. The zero-order valence-corrected chi connectivity index (χ0v) is 10.3.